The number of aromatic nitrogens is 3. The number of nitrogens with zero attached hydrogens (tertiary/aromatic N) is 4. The first-order chi connectivity index (χ1) is 12.8. The van der Waals surface area contributed by atoms with Crippen molar-refractivity contribution in [1.82, 2.24) is 19.5 Å². The number of nitro benzene ring substituents is 1. The van der Waals surface area contributed by atoms with Crippen molar-refractivity contribution in [2.45, 2.75) is 24.8 Å². The van der Waals surface area contributed by atoms with Gasteiger partial charge in [-0.1, -0.05) is 24.3 Å². The molecule has 0 radical (unpaired) electrons. The Balaban J connectivity index is 1.87. The van der Waals surface area contributed by atoms with Gasteiger partial charge in [0.2, 0.25) is 10.0 Å². The van der Waals surface area contributed by atoms with Crippen LogP contribution in [0.1, 0.15) is 24.1 Å². The van der Waals surface area contributed by atoms with E-state index in [0.29, 0.717) is 11.1 Å². The van der Waals surface area contributed by atoms with Gasteiger partial charge in [0.05, 0.1) is 10.6 Å². The molecule has 0 aliphatic carbocycles. The van der Waals surface area contributed by atoms with E-state index in [2.05, 4.69) is 14.8 Å². The molecule has 9 nitrogen and oxygen atoms in total. The Labute approximate surface area is 155 Å². The summed E-state index contributed by atoms with van der Waals surface area (Å²) in [4.78, 5) is 14.1. The van der Waals surface area contributed by atoms with Crippen molar-refractivity contribution in [3.63, 3.8) is 0 Å². The van der Waals surface area contributed by atoms with Crippen molar-refractivity contribution in [2.24, 2.45) is 0 Å². The van der Waals surface area contributed by atoms with Gasteiger partial charge in [-0.05, 0) is 37.1 Å². The molecular formula is C17H17N5O4S. The number of nitro groups is 1. The predicted octanol–water partition coefficient (Wildman–Crippen LogP) is 2.52. The van der Waals surface area contributed by atoms with Gasteiger partial charge in [0.1, 0.15) is 12.7 Å². The standard InChI is InChI=1S/C17H17N5O4S/c1-12-4-3-5-16(22(23)24)17(12)27(25,26)20-13(2)14-6-8-15(9-7-14)21-11-18-10-19-21/h3-11,13,20H,1-2H3. The average Bonchev–Trinajstić information content (AvgIpc) is 3.15. The molecule has 1 unspecified atom stereocenters. The quantitative estimate of drug-likeness (QED) is 0.512. The summed E-state index contributed by atoms with van der Waals surface area (Å²) in [6.07, 6.45) is 2.97. The molecule has 1 atom stereocenters. The molecule has 1 heterocycles. The lowest BCUT2D eigenvalue weighted by molar-refractivity contribution is -0.387. The second-order valence-electron chi connectivity index (χ2n) is 5.95. The molecule has 1 N–H and O–H groups in total. The van der Waals surface area contributed by atoms with E-state index in [-0.39, 0.29) is 4.90 Å². The molecular weight excluding hydrogens is 370 g/mol. The Kier molecular flexibility index (Phi) is 5.02. The monoisotopic (exact) mass is 387 g/mol. The zero-order chi connectivity index (χ0) is 19.6. The summed E-state index contributed by atoms with van der Waals surface area (Å²) in [5.41, 5.74) is 1.35. The lowest BCUT2D eigenvalue weighted by atomic mass is 10.1. The predicted molar refractivity (Wildman–Crippen MR) is 97.9 cm³/mol. The summed E-state index contributed by atoms with van der Waals surface area (Å²) in [7, 11) is -4.09. The SMILES string of the molecule is Cc1cccc([N+](=O)[O-])c1S(=O)(=O)NC(C)c1ccc(-n2cncn2)cc1. The topological polar surface area (TPSA) is 120 Å². The van der Waals surface area contributed by atoms with E-state index in [1.807, 2.05) is 0 Å². The summed E-state index contributed by atoms with van der Waals surface area (Å²) < 4.78 is 29.6. The third-order valence-corrected chi connectivity index (χ3v) is 5.80. The van der Waals surface area contributed by atoms with E-state index in [1.165, 1.54) is 31.5 Å². The van der Waals surface area contributed by atoms with Crippen LogP contribution in [0.15, 0.2) is 60.0 Å². The molecule has 3 aromatic rings. The number of aryl methyl sites for hydroxylation is 1. The first-order valence-electron chi connectivity index (χ1n) is 8.01. The fourth-order valence-electron chi connectivity index (χ4n) is 2.75. The smallest absolute Gasteiger partial charge is 0.258 e. The Bertz CT molecular complexity index is 1060. The molecule has 1 aromatic heterocycles. The highest BCUT2D eigenvalue weighted by Crippen LogP contribution is 2.28. The van der Waals surface area contributed by atoms with Crippen molar-refractivity contribution >= 4 is 15.7 Å². The van der Waals surface area contributed by atoms with Gasteiger partial charge < -0.3 is 0 Å². The average molecular weight is 387 g/mol. The fourth-order valence-corrected chi connectivity index (χ4v) is 4.38. The second kappa shape index (κ2) is 7.25. The van der Waals surface area contributed by atoms with Crippen molar-refractivity contribution in [3.8, 4) is 5.69 Å². The largest absolute Gasteiger partial charge is 0.289 e. The van der Waals surface area contributed by atoms with Crippen LogP contribution >= 0.6 is 0 Å². The van der Waals surface area contributed by atoms with Crippen LogP contribution in [0.5, 0.6) is 0 Å². The highest BCUT2D eigenvalue weighted by Gasteiger charge is 2.29. The van der Waals surface area contributed by atoms with Crippen molar-refractivity contribution in [3.05, 3.63) is 76.4 Å². The number of benzene rings is 2. The minimum atomic E-state index is -4.09. The van der Waals surface area contributed by atoms with E-state index in [0.717, 1.165) is 5.69 Å². The van der Waals surface area contributed by atoms with Gasteiger partial charge in [0, 0.05) is 12.1 Å². The zero-order valence-corrected chi connectivity index (χ0v) is 15.4. The highest BCUT2D eigenvalue weighted by atomic mass is 32.2. The third kappa shape index (κ3) is 3.86. The van der Waals surface area contributed by atoms with E-state index in [4.69, 9.17) is 0 Å². The van der Waals surface area contributed by atoms with Crippen molar-refractivity contribution in [2.75, 3.05) is 0 Å². The minimum Gasteiger partial charge on any atom is -0.258 e. The Morgan fingerprint density at radius 3 is 2.48 bits per heavy atom. The van der Waals surface area contributed by atoms with Crippen LogP contribution in [0.4, 0.5) is 5.69 Å². The molecule has 0 amide bonds. The second-order valence-corrected chi connectivity index (χ2v) is 7.61. The summed E-state index contributed by atoms with van der Waals surface area (Å²) in [5, 5.41) is 15.3. The molecule has 3 rings (SSSR count). The van der Waals surface area contributed by atoms with Crippen LogP contribution in [0, 0.1) is 17.0 Å². The number of sulfonamides is 1. The first kappa shape index (κ1) is 18.7. The van der Waals surface area contributed by atoms with Gasteiger partial charge in [-0.2, -0.15) is 5.10 Å². The molecule has 0 fully saturated rings. The molecule has 0 bridgehead atoms. The van der Waals surface area contributed by atoms with Gasteiger partial charge in [0.15, 0.2) is 4.90 Å². The highest BCUT2D eigenvalue weighted by molar-refractivity contribution is 7.89. The van der Waals surface area contributed by atoms with Crippen molar-refractivity contribution < 1.29 is 13.3 Å². The Morgan fingerprint density at radius 1 is 1.19 bits per heavy atom. The molecule has 0 aliphatic rings. The van der Waals surface area contributed by atoms with Crippen LogP contribution in [0.25, 0.3) is 5.69 Å². The maximum absolute atomic E-state index is 12.8. The van der Waals surface area contributed by atoms with E-state index in [1.54, 1.807) is 42.2 Å². The van der Waals surface area contributed by atoms with Crippen LogP contribution in [-0.2, 0) is 10.0 Å². The van der Waals surface area contributed by atoms with Gasteiger partial charge in [-0.25, -0.2) is 22.8 Å². The number of nitrogens with one attached hydrogen (secondary N) is 1. The molecule has 10 heteroatoms. The van der Waals surface area contributed by atoms with E-state index in [9.17, 15) is 18.5 Å². The zero-order valence-electron chi connectivity index (χ0n) is 14.6. The maximum atomic E-state index is 12.8. The van der Waals surface area contributed by atoms with Crippen LogP contribution in [-0.4, -0.2) is 28.1 Å². The summed E-state index contributed by atoms with van der Waals surface area (Å²) >= 11 is 0. The minimum absolute atomic E-state index is 0.311. The first-order valence-corrected chi connectivity index (χ1v) is 9.49. The Hall–Kier alpha value is -3.11. The molecule has 0 saturated heterocycles. The summed E-state index contributed by atoms with van der Waals surface area (Å²) in [5.74, 6) is 0. The fraction of sp³-hybridized carbons (Fsp3) is 0.176. The van der Waals surface area contributed by atoms with Crippen molar-refractivity contribution in [1.29, 1.82) is 0 Å². The lowest BCUT2D eigenvalue weighted by Gasteiger charge is -2.16. The lowest BCUT2D eigenvalue weighted by Crippen LogP contribution is -2.28. The van der Waals surface area contributed by atoms with Gasteiger partial charge in [-0.3, -0.25) is 10.1 Å². The van der Waals surface area contributed by atoms with Gasteiger partial charge >= 0.3 is 0 Å². The van der Waals surface area contributed by atoms with Crippen LogP contribution in [0.2, 0.25) is 0 Å². The third-order valence-electron chi connectivity index (χ3n) is 4.06. The van der Waals surface area contributed by atoms with Gasteiger partial charge in [0.25, 0.3) is 5.69 Å². The molecule has 0 saturated carbocycles. The molecule has 27 heavy (non-hydrogen) atoms. The van der Waals surface area contributed by atoms with E-state index < -0.39 is 26.7 Å². The number of hydrogen-bond donors (Lipinski definition) is 1. The summed E-state index contributed by atoms with van der Waals surface area (Å²) in [6.45, 7) is 3.20. The maximum Gasteiger partial charge on any atom is 0.289 e. The molecule has 2 aromatic carbocycles. The van der Waals surface area contributed by atoms with E-state index >= 15 is 0 Å². The van der Waals surface area contributed by atoms with Crippen LogP contribution < -0.4 is 4.72 Å². The summed E-state index contributed by atoms with van der Waals surface area (Å²) in [6, 6.07) is 10.7. The number of rotatable bonds is 6. The van der Waals surface area contributed by atoms with Gasteiger partial charge in [-0.15, -0.1) is 0 Å². The normalized spacial score (nSPS) is 12.7. The molecule has 0 aliphatic heterocycles. The molecule has 0 spiro atoms. The number of hydrogen-bond acceptors (Lipinski definition) is 6. The molecule has 140 valence electrons. The van der Waals surface area contributed by atoms with Crippen LogP contribution in [0.3, 0.4) is 0 Å². The Morgan fingerprint density at radius 2 is 1.89 bits per heavy atom.